The van der Waals surface area contributed by atoms with E-state index in [9.17, 15) is 22.6 Å². The summed E-state index contributed by atoms with van der Waals surface area (Å²) in [4.78, 5) is 30.7. The van der Waals surface area contributed by atoms with Crippen LogP contribution in [0.25, 0.3) is 0 Å². The molecule has 3 aliphatic rings. The van der Waals surface area contributed by atoms with Crippen molar-refractivity contribution in [1.29, 1.82) is 0 Å². The molecule has 0 radical (unpaired) electrons. The summed E-state index contributed by atoms with van der Waals surface area (Å²) in [6.45, 7) is 3.08. The summed E-state index contributed by atoms with van der Waals surface area (Å²) >= 11 is 0. The molecule has 13 heteroatoms. The van der Waals surface area contributed by atoms with Crippen LogP contribution >= 0.6 is 0 Å². The number of ether oxygens (including phenoxy) is 1. The first-order valence-corrected chi connectivity index (χ1v) is 8.52. The minimum absolute atomic E-state index is 0. The molecule has 0 saturated carbocycles. The van der Waals surface area contributed by atoms with E-state index >= 15 is 0 Å². The Morgan fingerprint density at radius 3 is 2.72 bits per heavy atom. The van der Waals surface area contributed by atoms with Gasteiger partial charge >= 0.3 is 35.6 Å². The fourth-order valence-electron chi connectivity index (χ4n) is 2.80. The second kappa shape index (κ2) is 7.88. The third kappa shape index (κ3) is 4.52. The Morgan fingerprint density at radius 2 is 2.16 bits per heavy atom. The first kappa shape index (κ1) is 20.6. The van der Waals surface area contributed by atoms with Gasteiger partial charge in [-0.1, -0.05) is 6.08 Å². The van der Waals surface area contributed by atoms with Gasteiger partial charge in [0.2, 0.25) is 10.4 Å². The summed E-state index contributed by atoms with van der Waals surface area (Å²) in [5.41, 5.74) is 2.80. The topological polar surface area (TPSA) is 138 Å². The monoisotopic (exact) mass is 385 g/mol. The summed E-state index contributed by atoms with van der Waals surface area (Å²) in [6, 6.07) is -2.59. The van der Waals surface area contributed by atoms with Gasteiger partial charge in [0, 0.05) is 5.92 Å². The van der Waals surface area contributed by atoms with E-state index in [0.29, 0.717) is 30.5 Å². The fraction of sp³-hybridized carbons (Fsp3) is 0.667. The van der Waals surface area contributed by atoms with Crippen LogP contribution in [0, 0.1) is 5.92 Å². The van der Waals surface area contributed by atoms with E-state index in [4.69, 9.17) is 9.57 Å². The molecule has 3 aliphatic heterocycles. The maximum Gasteiger partial charge on any atom is 1.00 e. The molecule has 2 fully saturated rings. The molecule has 2 saturated heterocycles. The zero-order valence-electron chi connectivity index (χ0n) is 13.7. The van der Waals surface area contributed by atoms with Gasteiger partial charge in [-0.05, 0) is 12.5 Å². The Balaban J connectivity index is 0.00000225. The molecule has 134 valence electrons. The van der Waals surface area contributed by atoms with Crippen molar-refractivity contribution < 1.29 is 66.0 Å². The van der Waals surface area contributed by atoms with Gasteiger partial charge in [-0.25, -0.2) is 18.7 Å². The Labute approximate surface area is 166 Å². The van der Waals surface area contributed by atoms with Crippen molar-refractivity contribution in [2.75, 3.05) is 26.4 Å². The number of fused-ring (bicyclic) bond motifs is 2. The zero-order valence-corrected chi connectivity index (χ0v) is 16.5. The Bertz CT molecular complexity index is 680. The minimum atomic E-state index is -5.09. The third-order valence-electron chi connectivity index (χ3n) is 3.94. The second-order valence-electron chi connectivity index (χ2n) is 5.80. The van der Waals surface area contributed by atoms with Gasteiger partial charge in [0.1, 0.15) is 6.04 Å². The minimum Gasteiger partial charge on any atom is -0.724 e. The van der Waals surface area contributed by atoms with Gasteiger partial charge in [-0.2, -0.15) is 9.35 Å². The summed E-state index contributed by atoms with van der Waals surface area (Å²) in [6.07, 6.45) is 1.51. The zero-order chi connectivity index (χ0) is 17.5. The Hall–Kier alpha value is -0.730. The number of hydrogen-bond donors (Lipinski definition) is 1. The quantitative estimate of drug-likeness (QED) is 0.159. The third-order valence-corrected chi connectivity index (χ3v) is 4.28. The smallest absolute Gasteiger partial charge is 0.724 e. The molecule has 3 amide bonds. The number of nitrogens with one attached hydrogen (secondary N) is 1. The second-order valence-corrected chi connectivity index (χ2v) is 6.77. The van der Waals surface area contributed by atoms with E-state index in [1.807, 2.05) is 0 Å². The maximum absolute atomic E-state index is 12.3. The van der Waals surface area contributed by atoms with E-state index in [0.717, 1.165) is 4.90 Å². The molecule has 1 N–H and O–H groups in total. The molecular formula is C12H16N3NaO8S. The van der Waals surface area contributed by atoms with Crippen molar-refractivity contribution in [2.45, 2.75) is 19.0 Å². The van der Waals surface area contributed by atoms with E-state index in [1.54, 1.807) is 6.92 Å². The number of carbonyl (C=O) groups excluding carboxylic acids is 2. The number of carbonyl (C=O) groups is 2. The van der Waals surface area contributed by atoms with Crippen molar-refractivity contribution in [3.05, 3.63) is 11.6 Å². The van der Waals surface area contributed by atoms with Crippen molar-refractivity contribution in [1.82, 2.24) is 15.4 Å². The van der Waals surface area contributed by atoms with Crippen LogP contribution < -0.4 is 35.0 Å². The largest absolute Gasteiger partial charge is 1.00 e. The fourth-order valence-corrected chi connectivity index (χ4v) is 3.17. The van der Waals surface area contributed by atoms with Crippen LogP contribution in [0.3, 0.4) is 0 Å². The molecule has 0 aromatic heterocycles. The van der Waals surface area contributed by atoms with Crippen LogP contribution in [0.2, 0.25) is 0 Å². The van der Waals surface area contributed by atoms with Crippen molar-refractivity contribution in [3.8, 4) is 0 Å². The van der Waals surface area contributed by atoms with Crippen LogP contribution in [-0.4, -0.2) is 73.3 Å². The van der Waals surface area contributed by atoms with Crippen LogP contribution in [0.5, 0.6) is 0 Å². The molecule has 2 atom stereocenters. The standard InChI is InChI=1S/C12H17N3O8S.Na/c1-7-2-9-3-14(12(17)15(9)23-24(18,19)20)10(7)11(16)13-22-6-8-4-21-5-8;/h2,8-10H,3-6H2,1H3,(H,13,16)(H,18,19,20);/q;+1/p-1/t9-,10+;/m1./s1. The number of nitrogens with zero attached hydrogens (tertiary/aromatic N) is 2. The van der Waals surface area contributed by atoms with Gasteiger partial charge < -0.3 is 14.2 Å². The molecule has 25 heavy (non-hydrogen) atoms. The van der Waals surface area contributed by atoms with Crippen LogP contribution in [0.1, 0.15) is 6.92 Å². The molecule has 2 bridgehead atoms. The molecule has 3 heterocycles. The average Bonchev–Trinajstić information content (AvgIpc) is 2.65. The summed E-state index contributed by atoms with van der Waals surface area (Å²) in [5, 5.41) is 0.464. The molecule has 11 nitrogen and oxygen atoms in total. The number of hydrogen-bond acceptors (Lipinski definition) is 8. The van der Waals surface area contributed by atoms with Gasteiger partial charge in [-0.3, -0.25) is 9.63 Å². The van der Waals surface area contributed by atoms with Gasteiger partial charge in [-0.15, -0.1) is 0 Å². The Morgan fingerprint density at radius 1 is 1.48 bits per heavy atom. The van der Waals surface area contributed by atoms with Crippen LogP contribution in [0.15, 0.2) is 11.6 Å². The van der Waals surface area contributed by atoms with Gasteiger partial charge in [0.25, 0.3) is 5.91 Å². The summed E-state index contributed by atoms with van der Waals surface area (Å²) in [7, 11) is -5.09. The first-order chi connectivity index (χ1) is 11.3. The predicted molar refractivity (Wildman–Crippen MR) is 74.5 cm³/mol. The van der Waals surface area contributed by atoms with E-state index in [-0.39, 0.29) is 42.0 Å². The molecule has 0 aliphatic carbocycles. The van der Waals surface area contributed by atoms with Crippen molar-refractivity contribution >= 4 is 22.3 Å². The molecule has 3 rings (SSSR count). The molecule has 0 aromatic rings. The van der Waals surface area contributed by atoms with Crippen molar-refractivity contribution in [2.24, 2.45) is 5.92 Å². The van der Waals surface area contributed by atoms with Gasteiger partial charge in [0.15, 0.2) is 0 Å². The summed E-state index contributed by atoms with van der Waals surface area (Å²) in [5.74, 6) is -0.347. The molecule has 0 unspecified atom stereocenters. The van der Waals surface area contributed by atoms with E-state index < -0.39 is 34.4 Å². The first-order valence-electron chi connectivity index (χ1n) is 7.19. The summed E-state index contributed by atoms with van der Waals surface area (Å²) < 4.78 is 41.4. The van der Waals surface area contributed by atoms with Gasteiger partial charge in [0.05, 0.1) is 32.4 Å². The molecule has 0 aromatic carbocycles. The van der Waals surface area contributed by atoms with Crippen LogP contribution in [0.4, 0.5) is 4.79 Å². The number of urea groups is 1. The number of amides is 3. The molecule has 0 spiro atoms. The molecular weight excluding hydrogens is 369 g/mol. The predicted octanol–water partition coefficient (Wildman–Crippen LogP) is -4.49. The normalized spacial score (nSPS) is 26.0. The van der Waals surface area contributed by atoms with Crippen LogP contribution in [-0.2, 0) is 29.1 Å². The number of rotatable bonds is 6. The SMILES string of the molecule is CC1=C[C@@H]2CN(C(=O)N2OS(=O)(=O)[O-])[C@@H]1C(=O)NOCC1COC1.[Na+]. The average molecular weight is 385 g/mol. The Kier molecular flexibility index (Phi) is 6.49. The van der Waals surface area contributed by atoms with Crippen molar-refractivity contribution in [3.63, 3.8) is 0 Å². The number of hydroxylamine groups is 3. The van der Waals surface area contributed by atoms with E-state index in [2.05, 4.69) is 9.76 Å². The van der Waals surface area contributed by atoms with E-state index in [1.165, 1.54) is 6.08 Å². The maximum atomic E-state index is 12.3.